The van der Waals surface area contributed by atoms with Crippen molar-refractivity contribution in [2.24, 2.45) is 0 Å². The van der Waals surface area contributed by atoms with Crippen molar-refractivity contribution >= 4 is 46.0 Å². The third kappa shape index (κ3) is 5.37. The number of halogens is 3. The molecule has 0 aliphatic heterocycles. The summed E-state index contributed by atoms with van der Waals surface area (Å²) in [4.78, 5) is 37.3. The molecule has 34 heavy (non-hydrogen) atoms. The molecule has 0 aliphatic rings. The first-order valence-corrected chi connectivity index (χ1v) is 12.1. The van der Waals surface area contributed by atoms with Gasteiger partial charge in [-0.05, 0) is 42.1 Å². The number of rotatable bonds is 10. The zero-order valence-electron chi connectivity index (χ0n) is 18.5. The summed E-state index contributed by atoms with van der Waals surface area (Å²) in [6.45, 7) is 2.74. The standard InChI is InChI=1S/C22H23Cl3N6O3/c1-2-3-4-9-30-19-18(27-21(25)28-19)20(32)31(22(30)33)10-5-6-17-26-16(29-34-17)12-13-7-8-14(23)15(24)11-13/h7-8,11H,2-6,9-10,12H2,1H3,(H,27,28). The molecule has 0 spiro atoms. The molecule has 0 atom stereocenters. The second-order valence-electron chi connectivity index (χ2n) is 7.96. The van der Waals surface area contributed by atoms with E-state index in [4.69, 9.17) is 39.3 Å². The van der Waals surface area contributed by atoms with E-state index in [-0.39, 0.29) is 23.0 Å². The largest absolute Gasteiger partial charge is 0.339 e. The molecule has 0 unspecified atom stereocenters. The molecule has 9 nitrogen and oxygen atoms in total. The van der Waals surface area contributed by atoms with Gasteiger partial charge in [0.1, 0.15) is 0 Å². The van der Waals surface area contributed by atoms with Crippen LogP contribution in [0.3, 0.4) is 0 Å². The number of hydrogen-bond acceptors (Lipinski definition) is 6. The van der Waals surface area contributed by atoms with Crippen LogP contribution >= 0.6 is 34.8 Å². The number of fused-ring (bicyclic) bond motifs is 1. The first kappa shape index (κ1) is 24.5. The molecule has 0 radical (unpaired) electrons. The minimum Gasteiger partial charge on any atom is -0.339 e. The number of nitrogens with zero attached hydrogens (tertiary/aromatic N) is 5. The number of imidazole rings is 1. The van der Waals surface area contributed by atoms with Crippen molar-refractivity contribution in [1.82, 2.24) is 29.2 Å². The predicted octanol–water partition coefficient (Wildman–Crippen LogP) is 4.64. The molecule has 4 rings (SSSR count). The van der Waals surface area contributed by atoms with E-state index in [1.54, 1.807) is 12.1 Å². The molecule has 0 fully saturated rings. The van der Waals surface area contributed by atoms with E-state index < -0.39 is 11.2 Å². The van der Waals surface area contributed by atoms with Crippen molar-refractivity contribution in [2.75, 3.05) is 0 Å². The van der Waals surface area contributed by atoms with Gasteiger partial charge >= 0.3 is 5.69 Å². The summed E-state index contributed by atoms with van der Waals surface area (Å²) in [5, 5.41) is 5.02. The van der Waals surface area contributed by atoms with Crippen molar-refractivity contribution in [3.8, 4) is 0 Å². The molecule has 1 N–H and O–H groups in total. The number of aryl methyl sites for hydroxylation is 2. The molecule has 0 bridgehead atoms. The zero-order valence-corrected chi connectivity index (χ0v) is 20.8. The number of hydrogen-bond donors (Lipinski definition) is 1. The van der Waals surface area contributed by atoms with Gasteiger partial charge in [-0.2, -0.15) is 9.97 Å². The molecule has 0 amide bonds. The van der Waals surface area contributed by atoms with E-state index in [1.807, 2.05) is 6.07 Å². The van der Waals surface area contributed by atoms with Crippen molar-refractivity contribution in [1.29, 1.82) is 0 Å². The highest BCUT2D eigenvalue weighted by atomic mass is 35.5. The Bertz CT molecular complexity index is 1420. The maximum atomic E-state index is 13.1. The van der Waals surface area contributed by atoms with Crippen LogP contribution in [0.15, 0.2) is 32.3 Å². The lowest BCUT2D eigenvalue weighted by Gasteiger charge is -2.10. The number of aromatic amines is 1. The Labute approximate surface area is 209 Å². The second-order valence-corrected chi connectivity index (χ2v) is 9.13. The van der Waals surface area contributed by atoms with E-state index in [0.29, 0.717) is 47.6 Å². The minimum absolute atomic E-state index is 0.0776. The topological polar surface area (TPSA) is 112 Å². The van der Waals surface area contributed by atoms with Gasteiger partial charge in [0, 0.05) is 25.9 Å². The summed E-state index contributed by atoms with van der Waals surface area (Å²) >= 11 is 18.0. The van der Waals surface area contributed by atoms with Crippen molar-refractivity contribution < 1.29 is 4.52 Å². The maximum Gasteiger partial charge on any atom is 0.332 e. The van der Waals surface area contributed by atoms with Gasteiger partial charge < -0.3 is 9.51 Å². The fourth-order valence-corrected chi connectivity index (χ4v) is 4.24. The zero-order chi connectivity index (χ0) is 24.2. The van der Waals surface area contributed by atoms with Gasteiger partial charge in [0.05, 0.1) is 10.0 Å². The minimum atomic E-state index is -0.447. The number of nitrogens with one attached hydrogen (secondary N) is 1. The Kier molecular flexibility index (Phi) is 7.75. The van der Waals surface area contributed by atoms with E-state index >= 15 is 0 Å². The van der Waals surface area contributed by atoms with Crippen LogP contribution in [0, 0.1) is 0 Å². The molecular formula is C22H23Cl3N6O3. The van der Waals surface area contributed by atoms with E-state index in [1.165, 1.54) is 9.13 Å². The summed E-state index contributed by atoms with van der Waals surface area (Å²) < 4.78 is 8.04. The third-order valence-corrected chi connectivity index (χ3v) is 6.36. The molecule has 3 aromatic heterocycles. The monoisotopic (exact) mass is 524 g/mol. The average Bonchev–Trinajstić information content (AvgIpc) is 3.42. The summed E-state index contributed by atoms with van der Waals surface area (Å²) in [6.07, 6.45) is 4.10. The van der Waals surface area contributed by atoms with E-state index in [0.717, 1.165) is 24.8 Å². The van der Waals surface area contributed by atoms with Gasteiger partial charge in [-0.15, -0.1) is 0 Å². The second kappa shape index (κ2) is 10.8. The van der Waals surface area contributed by atoms with Crippen LogP contribution in [0.4, 0.5) is 0 Å². The molecule has 4 aromatic rings. The van der Waals surface area contributed by atoms with Crippen molar-refractivity contribution in [3.05, 3.63) is 71.6 Å². The fourth-order valence-electron chi connectivity index (χ4n) is 3.74. The lowest BCUT2D eigenvalue weighted by molar-refractivity contribution is 0.367. The number of aromatic nitrogens is 6. The lowest BCUT2D eigenvalue weighted by atomic mass is 10.1. The van der Waals surface area contributed by atoms with Gasteiger partial charge in [-0.3, -0.25) is 13.9 Å². The van der Waals surface area contributed by atoms with Crippen molar-refractivity contribution in [3.63, 3.8) is 0 Å². The predicted molar refractivity (Wildman–Crippen MR) is 131 cm³/mol. The van der Waals surface area contributed by atoms with Gasteiger partial charge in [0.15, 0.2) is 17.0 Å². The van der Waals surface area contributed by atoms with Crippen LogP contribution in [0.1, 0.15) is 49.9 Å². The molecular weight excluding hydrogens is 503 g/mol. The van der Waals surface area contributed by atoms with Gasteiger partial charge in [-0.25, -0.2) is 4.79 Å². The molecule has 1 aromatic carbocycles. The van der Waals surface area contributed by atoms with E-state index in [2.05, 4.69) is 27.0 Å². The van der Waals surface area contributed by atoms with Crippen LogP contribution in [-0.2, 0) is 25.9 Å². The number of H-pyrrole nitrogens is 1. The maximum absolute atomic E-state index is 13.1. The number of benzene rings is 1. The van der Waals surface area contributed by atoms with Gasteiger partial charge in [0.2, 0.25) is 11.2 Å². The summed E-state index contributed by atoms with van der Waals surface area (Å²) in [6, 6.07) is 5.33. The lowest BCUT2D eigenvalue weighted by Crippen LogP contribution is -2.40. The highest BCUT2D eigenvalue weighted by Gasteiger charge is 2.17. The fraction of sp³-hybridized carbons (Fsp3) is 0.409. The number of unbranched alkanes of at least 4 members (excludes halogenated alkanes) is 2. The smallest absolute Gasteiger partial charge is 0.332 e. The molecule has 12 heteroatoms. The SMILES string of the molecule is CCCCCn1c(=O)n(CCCc2nc(Cc3ccc(Cl)c(Cl)c3)no2)c(=O)c2[nH]c(Cl)nc21. The Morgan fingerprint density at radius 2 is 1.79 bits per heavy atom. The van der Waals surface area contributed by atoms with Crippen LogP contribution in [0.25, 0.3) is 11.2 Å². The normalized spacial score (nSPS) is 11.5. The first-order valence-electron chi connectivity index (χ1n) is 11.0. The quantitative estimate of drug-likeness (QED) is 0.238. The summed E-state index contributed by atoms with van der Waals surface area (Å²) in [5.41, 5.74) is 0.571. The van der Waals surface area contributed by atoms with Gasteiger partial charge in [-0.1, -0.05) is 54.2 Å². The first-order chi connectivity index (χ1) is 16.4. The Morgan fingerprint density at radius 1 is 1.00 bits per heavy atom. The van der Waals surface area contributed by atoms with Crippen LogP contribution in [-0.4, -0.2) is 29.2 Å². The average molecular weight is 526 g/mol. The molecule has 3 heterocycles. The highest BCUT2D eigenvalue weighted by Crippen LogP contribution is 2.23. The molecule has 0 saturated carbocycles. The van der Waals surface area contributed by atoms with Crippen LogP contribution < -0.4 is 11.2 Å². The summed E-state index contributed by atoms with van der Waals surface area (Å²) in [7, 11) is 0. The van der Waals surface area contributed by atoms with Gasteiger partial charge in [0.25, 0.3) is 5.56 Å². The third-order valence-electron chi connectivity index (χ3n) is 5.45. The molecule has 0 saturated heterocycles. The highest BCUT2D eigenvalue weighted by molar-refractivity contribution is 6.42. The Hall–Kier alpha value is -2.62. The molecule has 180 valence electrons. The Balaban J connectivity index is 1.47. The molecule has 0 aliphatic carbocycles. The Morgan fingerprint density at radius 3 is 2.56 bits per heavy atom. The summed E-state index contributed by atoms with van der Waals surface area (Å²) in [5.74, 6) is 0.939. The van der Waals surface area contributed by atoms with E-state index in [9.17, 15) is 9.59 Å². The van der Waals surface area contributed by atoms with Crippen LogP contribution in [0.5, 0.6) is 0 Å². The van der Waals surface area contributed by atoms with Crippen molar-refractivity contribution in [2.45, 2.75) is 58.5 Å². The van der Waals surface area contributed by atoms with Crippen LogP contribution in [0.2, 0.25) is 15.3 Å².